The van der Waals surface area contributed by atoms with Gasteiger partial charge in [-0.3, -0.25) is 13.9 Å². The number of carbonyl (C=O) groups excluding carboxylic acids is 2. The highest BCUT2D eigenvalue weighted by Gasteiger charge is 2.25. The van der Waals surface area contributed by atoms with Crippen LogP contribution in [0.2, 0.25) is 0 Å². The van der Waals surface area contributed by atoms with E-state index < -0.39 is 10.0 Å². The second-order valence-electron chi connectivity index (χ2n) is 6.83. The molecule has 2 amide bonds. The molecule has 1 fully saturated rings. The summed E-state index contributed by atoms with van der Waals surface area (Å²) < 4.78 is 27.5. The molecule has 30 heavy (non-hydrogen) atoms. The molecule has 0 N–H and O–H groups in total. The Labute approximate surface area is 181 Å². The number of carbonyl (C=O) groups is 2. The van der Waals surface area contributed by atoms with Gasteiger partial charge in [-0.2, -0.15) is 0 Å². The van der Waals surface area contributed by atoms with Gasteiger partial charge in [0, 0.05) is 43.2 Å². The van der Waals surface area contributed by atoms with Crippen molar-refractivity contribution in [2.24, 2.45) is 0 Å². The van der Waals surface area contributed by atoms with Crippen molar-refractivity contribution in [1.29, 1.82) is 0 Å². The molecule has 0 saturated carbocycles. The zero-order valence-corrected chi connectivity index (χ0v) is 18.7. The van der Waals surface area contributed by atoms with Crippen LogP contribution >= 0.6 is 11.8 Å². The third-order valence-electron chi connectivity index (χ3n) is 5.09. The van der Waals surface area contributed by atoms with E-state index in [1.807, 2.05) is 6.26 Å². The molecule has 2 aromatic rings. The number of thioether (sulfide) groups is 1. The van der Waals surface area contributed by atoms with Gasteiger partial charge in [-0.25, -0.2) is 8.42 Å². The monoisotopic (exact) mass is 447 g/mol. The number of anilines is 1. The van der Waals surface area contributed by atoms with Crippen LogP contribution in [0.5, 0.6) is 0 Å². The molecule has 1 aliphatic heterocycles. The van der Waals surface area contributed by atoms with Crippen LogP contribution in [-0.4, -0.2) is 69.5 Å². The van der Waals surface area contributed by atoms with Gasteiger partial charge in [0.2, 0.25) is 6.41 Å². The van der Waals surface area contributed by atoms with Crippen LogP contribution in [-0.2, 0) is 14.8 Å². The highest BCUT2D eigenvalue weighted by molar-refractivity contribution is 7.98. The van der Waals surface area contributed by atoms with Gasteiger partial charge in [0.15, 0.2) is 0 Å². The lowest BCUT2D eigenvalue weighted by Crippen LogP contribution is -2.48. The number of nitrogens with zero attached hydrogens (tertiary/aromatic N) is 3. The highest BCUT2D eigenvalue weighted by Crippen LogP contribution is 2.26. The van der Waals surface area contributed by atoms with Gasteiger partial charge in [0.1, 0.15) is 0 Å². The average molecular weight is 448 g/mol. The average Bonchev–Trinajstić information content (AvgIpc) is 2.79. The largest absolute Gasteiger partial charge is 0.342 e. The smallest absolute Gasteiger partial charge is 0.264 e. The number of rotatable bonds is 7. The fourth-order valence-electron chi connectivity index (χ4n) is 3.35. The van der Waals surface area contributed by atoms with Crippen LogP contribution in [0.3, 0.4) is 0 Å². The molecule has 0 atom stereocenters. The molecule has 0 radical (unpaired) electrons. The summed E-state index contributed by atoms with van der Waals surface area (Å²) in [7, 11) is -3.70. The van der Waals surface area contributed by atoms with Gasteiger partial charge in [-0.15, -0.1) is 11.8 Å². The quantitative estimate of drug-likeness (QED) is 0.482. The molecule has 9 heteroatoms. The Balaban J connectivity index is 1.77. The van der Waals surface area contributed by atoms with Gasteiger partial charge in [-0.05, 0) is 61.7 Å². The maximum absolute atomic E-state index is 13.1. The molecule has 160 valence electrons. The molecule has 0 unspecified atom stereocenters. The minimum Gasteiger partial charge on any atom is -0.342 e. The third-order valence-corrected chi connectivity index (χ3v) is 7.75. The molecule has 1 aliphatic rings. The molecule has 7 nitrogen and oxygen atoms in total. The number of piperazine rings is 1. The number of hydrogen-bond donors (Lipinski definition) is 0. The van der Waals surface area contributed by atoms with E-state index in [1.54, 1.807) is 77.0 Å². The van der Waals surface area contributed by atoms with E-state index >= 15 is 0 Å². The lowest BCUT2D eigenvalue weighted by molar-refractivity contribution is -0.119. The van der Waals surface area contributed by atoms with E-state index in [0.717, 1.165) is 11.3 Å². The Bertz CT molecular complexity index is 984. The third kappa shape index (κ3) is 4.62. The van der Waals surface area contributed by atoms with Gasteiger partial charge < -0.3 is 9.80 Å². The molecule has 1 saturated heterocycles. The Morgan fingerprint density at radius 3 is 2.13 bits per heavy atom. The fourth-order valence-corrected chi connectivity index (χ4v) is 5.23. The molecule has 0 aliphatic carbocycles. The Morgan fingerprint density at radius 1 is 1.03 bits per heavy atom. The first kappa shape index (κ1) is 22.2. The molecule has 3 rings (SSSR count). The van der Waals surface area contributed by atoms with E-state index in [9.17, 15) is 18.0 Å². The van der Waals surface area contributed by atoms with Crippen LogP contribution in [0.15, 0.2) is 58.3 Å². The van der Waals surface area contributed by atoms with Crippen LogP contribution in [0.25, 0.3) is 0 Å². The predicted molar refractivity (Wildman–Crippen MR) is 118 cm³/mol. The second kappa shape index (κ2) is 9.53. The van der Waals surface area contributed by atoms with Crippen molar-refractivity contribution >= 4 is 39.8 Å². The van der Waals surface area contributed by atoms with E-state index in [-0.39, 0.29) is 17.3 Å². The van der Waals surface area contributed by atoms with Crippen LogP contribution in [0, 0.1) is 0 Å². The van der Waals surface area contributed by atoms with Crippen molar-refractivity contribution in [2.45, 2.75) is 16.7 Å². The van der Waals surface area contributed by atoms with Crippen LogP contribution in [0.4, 0.5) is 5.69 Å². The minimum atomic E-state index is -3.70. The predicted octanol–water partition coefficient (Wildman–Crippen LogP) is 2.54. The number of benzene rings is 2. The maximum Gasteiger partial charge on any atom is 0.264 e. The van der Waals surface area contributed by atoms with E-state index in [4.69, 9.17) is 0 Å². The summed E-state index contributed by atoms with van der Waals surface area (Å²) >= 11 is 1.55. The van der Waals surface area contributed by atoms with Crippen molar-refractivity contribution in [2.75, 3.05) is 43.3 Å². The zero-order valence-electron chi connectivity index (χ0n) is 17.0. The number of sulfonamides is 1. The molecule has 2 aromatic carbocycles. The molecule has 0 aromatic heterocycles. The van der Waals surface area contributed by atoms with Crippen molar-refractivity contribution < 1.29 is 18.0 Å². The molecular weight excluding hydrogens is 422 g/mol. The van der Waals surface area contributed by atoms with E-state index in [2.05, 4.69) is 0 Å². The van der Waals surface area contributed by atoms with Crippen molar-refractivity contribution in [3.8, 4) is 0 Å². The topological polar surface area (TPSA) is 78.0 Å². The second-order valence-corrected chi connectivity index (χ2v) is 9.57. The van der Waals surface area contributed by atoms with Crippen molar-refractivity contribution in [3.63, 3.8) is 0 Å². The summed E-state index contributed by atoms with van der Waals surface area (Å²) in [4.78, 5) is 28.1. The molecule has 0 bridgehead atoms. The van der Waals surface area contributed by atoms with Gasteiger partial charge in [0.05, 0.1) is 10.6 Å². The first-order valence-electron chi connectivity index (χ1n) is 9.66. The minimum absolute atomic E-state index is 0.120. The lowest BCUT2D eigenvalue weighted by Gasteiger charge is -2.32. The van der Waals surface area contributed by atoms with Crippen LogP contribution in [0.1, 0.15) is 17.3 Å². The number of hydrogen-bond acceptors (Lipinski definition) is 5. The maximum atomic E-state index is 13.1. The summed E-state index contributed by atoms with van der Waals surface area (Å²) in [6.45, 7) is 4.06. The number of amides is 2. The van der Waals surface area contributed by atoms with E-state index in [0.29, 0.717) is 37.4 Å². The SMILES string of the molecule is CCN(c1ccc(C(=O)N2CCN(C=O)CC2)cc1)S(=O)(=O)c1ccc(SC)cc1. The van der Waals surface area contributed by atoms with Crippen molar-refractivity contribution in [1.82, 2.24) is 9.80 Å². The summed E-state index contributed by atoms with van der Waals surface area (Å²) in [6, 6.07) is 13.4. The molecule has 0 spiro atoms. The molecule has 1 heterocycles. The summed E-state index contributed by atoms with van der Waals surface area (Å²) in [6.07, 6.45) is 2.73. The lowest BCUT2D eigenvalue weighted by atomic mass is 10.1. The fraction of sp³-hybridized carbons (Fsp3) is 0.333. The van der Waals surface area contributed by atoms with E-state index in [1.165, 1.54) is 4.31 Å². The zero-order chi connectivity index (χ0) is 21.7. The van der Waals surface area contributed by atoms with Crippen LogP contribution < -0.4 is 4.31 Å². The Morgan fingerprint density at radius 2 is 1.63 bits per heavy atom. The highest BCUT2D eigenvalue weighted by atomic mass is 32.2. The van der Waals surface area contributed by atoms with Gasteiger partial charge in [0.25, 0.3) is 15.9 Å². The summed E-state index contributed by atoms with van der Waals surface area (Å²) in [5, 5.41) is 0. The Hall–Kier alpha value is -2.52. The molecular formula is C21H25N3O4S2. The van der Waals surface area contributed by atoms with Gasteiger partial charge >= 0.3 is 0 Å². The first-order valence-corrected chi connectivity index (χ1v) is 12.3. The Kier molecular flexibility index (Phi) is 7.04. The summed E-state index contributed by atoms with van der Waals surface area (Å²) in [5.74, 6) is -0.120. The first-order chi connectivity index (χ1) is 14.4. The standard InChI is InChI=1S/C21H25N3O4S2/c1-3-24(30(27,28)20-10-8-19(29-2)9-11-20)18-6-4-17(5-7-18)21(26)23-14-12-22(16-25)13-15-23/h4-11,16H,3,12-15H2,1-2H3. The van der Waals surface area contributed by atoms with Gasteiger partial charge in [-0.1, -0.05) is 0 Å². The normalized spacial score (nSPS) is 14.5. The summed E-state index contributed by atoms with van der Waals surface area (Å²) in [5.41, 5.74) is 1.00. The van der Waals surface area contributed by atoms with Crippen molar-refractivity contribution in [3.05, 3.63) is 54.1 Å².